The first-order valence-corrected chi connectivity index (χ1v) is 6.56. The first-order chi connectivity index (χ1) is 8.60. The minimum atomic E-state index is 0.176. The molecule has 0 amide bonds. The molecule has 0 aromatic heterocycles. The van der Waals surface area contributed by atoms with Crippen LogP contribution in [0.2, 0.25) is 0 Å². The Balaban J connectivity index is 1.95. The number of methoxy groups -OCH3 is 1. The summed E-state index contributed by atoms with van der Waals surface area (Å²) in [7, 11) is 1.71. The predicted molar refractivity (Wildman–Crippen MR) is 72.9 cm³/mol. The first-order valence-electron chi connectivity index (χ1n) is 6.56. The molecule has 100 valence electrons. The van der Waals surface area contributed by atoms with E-state index in [1.54, 1.807) is 7.11 Å². The molecule has 18 heavy (non-hydrogen) atoms. The van der Waals surface area contributed by atoms with Crippen LogP contribution in [-0.2, 0) is 6.54 Å². The fourth-order valence-electron chi connectivity index (χ4n) is 2.29. The molecule has 0 aliphatic heterocycles. The molecule has 1 aromatic carbocycles. The Morgan fingerprint density at radius 1 is 1.28 bits per heavy atom. The zero-order valence-corrected chi connectivity index (χ0v) is 11.5. The lowest BCUT2D eigenvalue weighted by Crippen LogP contribution is -2.26. The van der Waals surface area contributed by atoms with Crippen LogP contribution in [0.4, 0.5) is 0 Å². The SMILES string of the molecule is COc1cc(C)c(CNCC2(CO)CC2)cc1C. The number of aliphatic hydroxyl groups excluding tert-OH is 1. The molecule has 1 aliphatic rings. The summed E-state index contributed by atoms with van der Waals surface area (Å²) in [5.74, 6) is 0.949. The van der Waals surface area contributed by atoms with E-state index in [0.29, 0.717) is 6.61 Å². The van der Waals surface area contributed by atoms with Crippen LogP contribution in [0.5, 0.6) is 5.75 Å². The third kappa shape index (κ3) is 2.85. The Morgan fingerprint density at radius 2 is 2.00 bits per heavy atom. The van der Waals surface area contributed by atoms with Crippen LogP contribution in [0.1, 0.15) is 29.5 Å². The topological polar surface area (TPSA) is 41.5 Å². The number of hydrogen-bond donors (Lipinski definition) is 2. The zero-order valence-electron chi connectivity index (χ0n) is 11.5. The molecule has 2 N–H and O–H groups in total. The van der Waals surface area contributed by atoms with Crippen LogP contribution < -0.4 is 10.1 Å². The Kier molecular flexibility index (Phi) is 3.93. The average Bonchev–Trinajstić information content (AvgIpc) is 3.13. The van der Waals surface area contributed by atoms with Gasteiger partial charge in [-0.15, -0.1) is 0 Å². The quantitative estimate of drug-likeness (QED) is 0.812. The molecule has 2 rings (SSSR count). The molecule has 0 saturated heterocycles. The lowest BCUT2D eigenvalue weighted by molar-refractivity contribution is 0.207. The van der Waals surface area contributed by atoms with Crippen molar-refractivity contribution in [1.29, 1.82) is 0 Å². The molecule has 0 bridgehead atoms. The number of aryl methyl sites for hydroxylation is 2. The van der Waals surface area contributed by atoms with Crippen molar-refractivity contribution in [3.63, 3.8) is 0 Å². The monoisotopic (exact) mass is 249 g/mol. The fourth-order valence-corrected chi connectivity index (χ4v) is 2.29. The number of aliphatic hydroxyl groups is 1. The Bertz CT molecular complexity index is 425. The van der Waals surface area contributed by atoms with Crippen LogP contribution >= 0.6 is 0 Å². The van der Waals surface area contributed by atoms with Gasteiger partial charge in [-0.1, -0.05) is 6.07 Å². The van der Waals surface area contributed by atoms with Crippen molar-refractivity contribution in [3.8, 4) is 5.75 Å². The molecule has 0 unspecified atom stereocenters. The summed E-state index contributed by atoms with van der Waals surface area (Å²) >= 11 is 0. The molecule has 1 aromatic rings. The van der Waals surface area contributed by atoms with Gasteiger partial charge in [-0.25, -0.2) is 0 Å². The van der Waals surface area contributed by atoms with Gasteiger partial charge in [0.05, 0.1) is 7.11 Å². The smallest absolute Gasteiger partial charge is 0.122 e. The molecule has 3 nitrogen and oxygen atoms in total. The summed E-state index contributed by atoms with van der Waals surface area (Å²) < 4.78 is 5.31. The van der Waals surface area contributed by atoms with Gasteiger partial charge in [-0.3, -0.25) is 0 Å². The molecular formula is C15H23NO2. The van der Waals surface area contributed by atoms with Gasteiger partial charge in [0.25, 0.3) is 0 Å². The van der Waals surface area contributed by atoms with Crippen LogP contribution in [0.3, 0.4) is 0 Å². The van der Waals surface area contributed by atoms with Crippen LogP contribution in [0, 0.1) is 19.3 Å². The van der Waals surface area contributed by atoms with E-state index in [2.05, 4.69) is 31.3 Å². The number of rotatable bonds is 6. The molecule has 3 heteroatoms. The van der Waals surface area contributed by atoms with E-state index in [1.807, 2.05) is 0 Å². The Hall–Kier alpha value is -1.06. The second kappa shape index (κ2) is 5.29. The molecule has 0 atom stereocenters. The van der Waals surface area contributed by atoms with Gasteiger partial charge in [-0.05, 0) is 49.4 Å². The number of nitrogens with one attached hydrogen (secondary N) is 1. The van der Waals surface area contributed by atoms with Gasteiger partial charge in [0.15, 0.2) is 0 Å². The van der Waals surface area contributed by atoms with Crippen molar-refractivity contribution < 1.29 is 9.84 Å². The van der Waals surface area contributed by atoms with E-state index in [4.69, 9.17) is 4.74 Å². The molecule has 1 saturated carbocycles. The summed E-state index contributed by atoms with van der Waals surface area (Å²) in [5, 5.41) is 12.7. The number of benzene rings is 1. The molecular weight excluding hydrogens is 226 g/mol. The minimum absolute atomic E-state index is 0.176. The first kappa shape index (κ1) is 13.4. The molecule has 1 fully saturated rings. The Labute approximate surface area is 109 Å². The van der Waals surface area contributed by atoms with E-state index in [9.17, 15) is 5.11 Å². The third-order valence-corrected chi connectivity index (χ3v) is 3.96. The fraction of sp³-hybridized carbons (Fsp3) is 0.600. The zero-order chi connectivity index (χ0) is 13.2. The number of hydrogen-bond acceptors (Lipinski definition) is 3. The van der Waals surface area contributed by atoms with Crippen LogP contribution in [0.25, 0.3) is 0 Å². The predicted octanol–water partition coefficient (Wildman–Crippen LogP) is 2.17. The van der Waals surface area contributed by atoms with Crippen molar-refractivity contribution in [1.82, 2.24) is 5.32 Å². The third-order valence-electron chi connectivity index (χ3n) is 3.96. The Morgan fingerprint density at radius 3 is 2.56 bits per heavy atom. The van der Waals surface area contributed by atoms with E-state index >= 15 is 0 Å². The summed E-state index contributed by atoms with van der Waals surface area (Å²) in [6, 6.07) is 4.27. The van der Waals surface area contributed by atoms with Crippen molar-refractivity contribution >= 4 is 0 Å². The molecule has 1 aliphatic carbocycles. The lowest BCUT2D eigenvalue weighted by Gasteiger charge is -2.15. The second-order valence-corrected chi connectivity index (χ2v) is 5.51. The largest absolute Gasteiger partial charge is 0.496 e. The van der Waals surface area contributed by atoms with Crippen molar-refractivity contribution in [2.75, 3.05) is 20.3 Å². The standard InChI is InChI=1S/C15H23NO2/c1-11-7-14(18-3)12(2)6-13(11)8-16-9-15(10-17)4-5-15/h6-7,16-17H,4-5,8-10H2,1-3H3. The molecule has 0 heterocycles. The minimum Gasteiger partial charge on any atom is -0.496 e. The average molecular weight is 249 g/mol. The summed E-state index contributed by atoms with van der Waals surface area (Å²) in [5.41, 5.74) is 3.90. The normalized spacial score (nSPS) is 16.7. The maximum atomic E-state index is 9.26. The van der Waals surface area contributed by atoms with Crippen molar-refractivity contribution in [2.24, 2.45) is 5.41 Å². The highest BCUT2D eigenvalue weighted by atomic mass is 16.5. The van der Waals surface area contributed by atoms with Crippen molar-refractivity contribution in [3.05, 3.63) is 28.8 Å². The van der Waals surface area contributed by atoms with Gasteiger partial charge >= 0.3 is 0 Å². The maximum absolute atomic E-state index is 9.26. The van der Waals surface area contributed by atoms with Gasteiger partial charge in [0.2, 0.25) is 0 Å². The molecule has 0 spiro atoms. The van der Waals surface area contributed by atoms with Crippen molar-refractivity contribution in [2.45, 2.75) is 33.2 Å². The summed E-state index contributed by atoms with van der Waals surface area (Å²) in [6.07, 6.45) is 2.30. The van der Waals surface area contributed by atoms with E-state index < -0.39 is 0 Å². The van der Waals surface area contributed by atoms with E-state index in [1.165, 1.54) is 16.7 Å². The van der Waals surface area contributed by atoms with E-state index in [-0.39, 0.29) is 5.41 Å². The van der Waals surface area contributed by atoms with Crippen LogP contribution in [-0.4, -0.2) is 25.4 Å². The second-order valence-electron chi connectivity index (χ2n) is 5.51. The van der Waals surface area contributed by atoms with Crippen LogP contribution in [0.15, 0.2) is 12.1 Å². The van der Waals surface area contributed by atoms with E-state index in [0.717, 1.165) is 31.7 Å². The summed E-state index contributed by atoms with van der Waals surface area (Å²) in [6.45, 7) is 6.25. The highest BCUT2D eigenvalue weighted by molar-refractivity contribution is 5.41. The summed E-state index contributed by atoms with van der Waals surface area (Å²) in [4.78, 5) is 0. The van der Waals surface area contributed by atoms with Gasteiger partial charge in [0, 0.05) is 25.1 Å². The molecule has 0 radical (unpaired) electrons. The van der Waals surface area contributed by atoms with Gasteiger partial charge in [-0.2, -0.15) is 0 Å². The number of ether oxygens (including phenoxy) is 1. The van der Waals surface area contributed by atoms with Gasteiger partial charge in [0.1, 0.15) is 5.75 Å². The highest BCUT2D eigenvalue weighted by Crippen LogP contribution is 2.44. The highest BCUT2D eigenvalue weighted by Gasteiger charge is 2.41. The lowest BCUT2D eigenvalue weighted by atomic mass is 10.0. The van der Waals surface area contributed by atoms with Gasteiger partial charge < -0.3 is 15.2 Å². The maximum Gasteiger partial charge on any atom is 0.122 e.